The van der Waals surface area contributed by atoms with Gasteiger partial charge in [-0.2, -0.15) is 0 Å². The number of quaternary nitrogens is 1. The Labute approximate surface area is 174 Å². The number of thiophene rings is 1. The monoisotopic (exact) mass is 420 g/mol. The van der Waals surface area contributed by atoms with Crippen LogP contribution in [0, 0.1) is 29.9 Å². The van der Waals surface area contributed by atoms with E-state index in [1.807, 2.05) is 25.4 Å². The highest BCUT2D eigenvalue weighted by Crippen LogP contribution is 2.27. The number of carbonyl (C=O) groups excluding carboxylic acids is 1. The van der Waals surface area contributed by atoms with Crippen molar-refractivity contribution in [2.24, 2.45) is 11.7 Å². The van der Waals surface area contributed by atoms with Crippen LogP contribution in [0.2, 0.25) is 0 Å². The molecule has 0 spiro atoms. The van der Waals surface area contributed by atoms with Gasteiger partial charge in [-0.05, 0) is 62.4 Å². The van der Waals surface area contributed by atoms with Crippen molar-refractivity contribution in [1.82, 2.24) is 0 Å². The standard InChI is InChI=1S/C22H27F2N3OS/c1-14-17(20(27-2)8-9-25)12-22(29-14)21(28)5-3-4-16(13-26)10-15-6-7-18(23)19(24)11-15/h6-9,11-12,16,25,27H,3-5,10,13,26H2,1-2H3/p+1. The third kappa shape index (κ3) is 6.39. The van der Waals surface area contributed by atoms with Gasteiger partial charge in [-0.3, -0.25) is 4.79 Å². The summed E-state index contributed by atoms with van der Waals surface area (Å²) in [7, 11) is 1.91. The van der Waals surface area contributed by atoms with Crippen LogP contribution in [0.25, 0.3) is 5.70 Å². The minimum absolute atomic E-state index is 0.0956. The van der Waals surface area contributed by atoms with Gasteiger partial charge in [0.2, 0.25) is 0 Å². The van der Waals surface area contributed by atoms with Gasteiger partial charge in [0.1, 0.15) is 5.70 Å². The van der Waals surface area contributed by atoms with E-state index in [1.165, 1.54) is 23.6 Å². The fraction of sp³-hybridized carbons (Fsp3) is 0.364. The van der Waals surface area contributed by atoms with Gasteiger partial charge in [0.25, 0.3) is 0 Å². The SMILES string of the molecule is C[NH2+]C(=CC=N)c1cc(C(=O)CCCC(CN)Cc2ccc(F)c(F)c2)sc1C. The van der Waals surface area contributed by atoms with Crippen LogP contribution in [0.4, 0.5) is 8.78 Å². The Kier molecular flexibility index (Phi) is 8.82. The van der Waals surface area contributed by atoms with Crippen molar-refractivity contribution in [3.63, 3.8) is 0 Å². The van der Waals surface area contributed by atoms with E-state index in [0.717, 1.165) is 33.5 Å². The molecule has 2 rings (SSSR count). The van der Waals surface area contributed by atoms with E-state index in [0.29, 0.717) is 31.4 Å². The van der Waals surface area contributed by atoms with Crippen molar-refractivity contribution in [3.05, 3.63) is 62.9 Å². The first-order valence-corrected chi connectivity index (χ1v) is 10.5. The average molecular weight is 421 g/mol. The first kappa shape index (κ1) is 23.1. The molecule has 0 saturated heterocycles. The molecule has 0 aliphatic carbocycles. The number of nitrogens with one attached hydrogen (secondary N) is 1. The van der Waals surface area contributed by atoms with E-state index >= 15 is 0 Å². The molecule has 1 heterocycles. The molecule has 5 N–H and O–H groups in total. The molecule has 0 fully saturated rings. The summed E-state index contributed by atoms with van der Waals surface area (Å²) in [5.74, 6) is -1.49. The van der Waals surface area contributed by atoms with E-state index in [4.69, 9.17) is 11.1 Å². The number of aryl methyl sites for hydroxylation is 1. The highest BCUT2D eigenvalue weighted by atomic mass is 32.1. The Balaban J connectivity index is 1.93. The van der Waals surface area contributed by atoms with Crippen LogP contribution in [-0.2, 0) is 6.42 Å². The van der Waals surface area contributed by atoms with Crippen LogP contribution < -0.4 is 11.1 Å². The summed E-state index contributed by atoms with van der Waals surface area (Å²) in [6.07, 6.45) is 5.39. The maximum Gasteiger partial charge on any atom is 0.172 e. The van der Waals surface area contributed by atoms with Crippen LogP contribution in [0.5, 0.6) is 0 Å². The van der Waals surface area contributed by atoms with E-state index in [2.05, 4.69) is 0 Å². The van der Waals surface area contributed by atoms with Gasteiger partial charge in [-0.1, -0.05) is 6.07 Å². The number of hydrogen-bond acceptors (Lipinski definition) is 4. The van der Waals surface area contributed by atoms with Crippen molar-refractivity contribution in [2.75, 3.05) is 13.6 Å². The molecule has 0 radical (unpaired) electrons. The number of carbonyl (C=O) groups is 1. The molecular formula is C22H28F2N3OS+. The predicted octanol–water partition coefficient (Wildman–Crippen LogP) is 3.69. The van der Waals surface area contributed by atoms with E-state index < -0.39 is 11.6 Å². The highest BCUT2D eigenvalue weighted by Gasteiger charge is 2.17. The van der Waals surface area contributed by atoms with Gasteiger partial charge in [0.15, 0.2) is 17.4 Å². The second kappa shape index (κ2) is 11.1. The number of benzene rings is 1. The maximum absolute atomic E-state index is 13.4. The summed E-state index contributed by atoms with van der Waals surface area (Å²) in [4.78, 5) is 14.4. The smallest absolute Gasteiger partial charge is 0.172 e. The summed E-state index contributed by atoms with van der Waals surface area (Å²) < 4.78 is 26.4. The van der Waals surface area contributed by atoms with Crippen molar-refractivity contribution >= 4 is 29.0 Å². The van der Waals surface area contributed by atoms with Crippen molar-refractivity contribution in [1.29, 1.82) is 5.41 Å². The number of rotatable bonds is 11. The Morgan fingerprint density at radius 3 is 2.69 bits per heavy atom. The fourth-order valence-corrected chi connectivity index (χ4v) is 4.32. The normalized spacial score (nSPS) is 12.8. The number of hydrogen-bond donors (Lipinski definition) is 3. The zero-order valence-electron chi connectivity index (χ0n) is 16.8. The van der Waals surface area contributed by atoms with Crippen molar-refractivity contribution in [2.45, 2.75) is 32.6 Å². The molecule has 4 nitrogen and oxygen atoms in total. The third-order valence-corrected chi connectivity index (χ3v) is 6.03. The third-order valence-electron chi connectivity index (χ3n) is 4.94. The first-order chi connectivity index (χ1) is 13.9. The molecule has 7 heteroatoms. The van der Waals surface area contributed by atoms with Crippen molar-refractivity contribution < 1.29 is 18.9 Å². The molecule has 0 amide bonds. The zero-order chi connectivity index (χ0) is 21.4. The largest absolute Gasteiger partial charge is 0.330 e. The van der Waals surface area contributed by atoms with Gasteiger partial charge < -0.3 is 16.5 Å². The molecule has 1 unspecified atom stereocenters. The molecule has 2 aromatic rings. The van der Waals surface area contributed by atoms with E-state index in [1.54, 1.807) is 12.1 Å². The van der Waals surface area contributed by atoms with Crippen LogP contribution in [0.1, 0.15) is 44.9 Å². The summed E-state index contributed by atoms with van der Waals surface area (Å²) in [5, 5.41) is 9.19. The number of nitrogens with two attached hydrogens (primary N) is 2. The summed E-state index contributed by atoms with van der Waals surface area (Å²) in [6, 6.07) is 5.82. The van der Waals surface area contributed by atoms with E-state index in [-0.39, 0.29) is 11.7 Å². The molecule has 0 saturated carbocycles. The highest BCUT2D eigenvalue weighted by molar-refractivity contribution is 7.14. The molecule has 0 aliphatic heterocycles. The molecule has 0 aliphatic rings. The Morgan fingerprint density at radius 1 is 1.31 bits per heavy atom. The Morgan fingerprint density at radius 2 is 2.07 bits per heavy atom. The maximum atomic E-state index is 13.4. The summed E-state index contributed by atoms with van der Waals surface area (Å²) in [6.45, 7) is 2.41. The number of ketones is 1. The first-order valence-electron chi connectivity index (χ1n) is 9.67. The lowest BCUT2D eigenvalue weighted by Crippen LogP contribution is -2.76. The van der Waals surface area contributed by atoms with Crippen LogP contribution >= 0.6 is 11.3 Å². The summed E-state index contributed by atoms with van der Waals surface area (Å²) >= 11 is 1.47. The fourth-order valence-electron chi connectivity index (χ4n) is 3.32. The quantitative estimate of drug-likeness (QED) is 0.383. The van der Waals surface area contributed by atoms with Crippen LogP contribution in [-0.4, -0.2) is 25.6 Å². The minimum Gasteiger partial charge on any atom is -0.330 e. The van der Waals surface area contributed by atoms with Gasteiger partial charge in [0.05, 0.1) is 11.9 Å². The topological polar surface area (TPSA) is 83.5 Å². The lowest BCUT2D eigenvalue weighted by Gasteiger charge is -2.14. The molecular weight excluding hydrogens is 392 g/mol. The van der Waals surface area contributed by atoms with Crippen LogP contribution in [0.15, 0.2) is 30.3 Å². The molecule has 1 aromatic carbocycles. The van der Waals surface area contributed by atoms with Gasteiger partial charge in [0, 0.05) is 29.2 Å². The molecule has 1 aromatic heterocycles. The second-order valence-corrected chi connectivity index (χ2v) is 8.28. The Hall–Kier alpha value is -2.22. The number of Topliss-reactive ketones (excluding diaryl/α,β-unsaturated/α-hetero) is 1. The van der Waals surface area contributed by atoms with E-state index in [9.17, 15) is 13.6 Å². The number of halogens is 2. The van der Waals surface area contributed by atoms with Gasteiger partial charge in [-0.15, -0.1) is 11.3 Å². The molecule has 29 heavy (non-hydrogen) atoms. The minimum atomic E-state index is -0.853. The van der Waals surface area contributed by atoms with Crippen molar-refractivity contribution in [3.8, 4) is 0 Å². The lowest BCUT2D eigenvalue weighted by molar-refractivity contribution is -0.530. The Bertz CT molecular complexity index is 892. The lowest BCUT2D eigenvalue weighted by atomic mass is 9.93. The molecule has 0 bridgehead atoms. The predicted molar refractivity (Wildman–Crippen MR) is 114 cm³/mol. The van der Waals surface area contributed by atoms with Gasteiger partial charge in [-0.25, -0.2) is 8.78 Å². The summed E-state index contributed by atoms with van der Waals surface area (Å²) in [5.41, 5.74) is 8.47. The molecule has 156 valence electrons. The van der Waals surface area contributed by atoms with Crippen LogP contribution in [0.3, 0.4) is 0 Å². The zero-order valence-corrected chi connectivity index (χ0v) is 17.6. The number of allylic oxidation sites excluding steroid dienone is 1. The average Bonchev–Trinajstić information content (AvgIpc) is 3.09. The van der Waals surface area contributed by atoms with Gasteiger partial charge >= 0.3 is 0 Å². The molecule has 1 atom stereocenters. The second-order valence-electron chi connectivity index (χ2n) is 7.03.